The molecule has 180 valence electrons. The third-order valence-corrected chi connectivity index (χ3v) is 6.70. The van der Waals surface area contributed by atoms with Gasteiger partial charge in [-0.2, -0.15) is 4.98 Å². The van der Waals surface area contributed by atoms with Crippen LogP contribution in [-0.2, 0) is 11.3 Å². The van der Waals surface area contributed by atoms with Crippen LogP contribution in [0.1, 0.15) is 36.8 Å². The molecule has 0 radical (unpaired) electrons. The number of aryl methyl sites for hydroxylation is 2. The van der Waals surface area contributed by atoms with Crippen molar-refractivity contribution < 1.29 is 14.1 Å². The number of hydrogen-bond donors (Lipinski definition) is 1. The summed E-state index contributed by atoms with van der Waals surface area (Å²) in [6.07, 6.45) is 1.83. The van der Waals surface area contributed by atoms with E-state index in [1.165, 1.54) is 11.1 Å². The fraction of sp³-hybridized carbons (Fsp3) is 0.423. The van der Waals surface area contributed by atoms with Crippen molar-refractivity contribution in [1.29, 1.82) is 0 Å². The van der Waals surface area contributed by atoms with Gasteiger partial charge in [0.15, 0.2) is 0 Å². The molecular formula is C26H31BrN4O3. The average Bonchev–Trinajstić information content (AvgIpc) is 3.29. The van der Waals surface area contributed by atoms with Crippen molar-refractivity contribution in [2.45, 2.75) is 46.2 Å². The molecule has 7 nitrogen and oxygen atoms in total. The van der Waals surface area contributed by atoms with Crippen LogP contribution in [0.15, 0.2) is 51.5 Å². The number of halogens is 1. The molecule has 1 saturated heterocycles. The maximum absolute atomic E-state index is 12.9. The first-order valence-electron chi connectivity index (χ1n) is 11.7. The number of hydrogen-bond acceptors (Lipinski definition) is 6. The zero-order chi connectivity index (χ0) is 24.1. The minimum atomic E-state index is -0.0751. The van der Waals surface area contributed by atoms with Crippen LogP contribution < -0.4 is 10.1 Å². The Morgan fingerprint density at radius 1 is 1.24 bits per heavy atom. The Balaban J connectivity index is 1.26. The predicted octanol–water partition coefficient (Wildman–Crippen LogP) is 4.91. The first-order chi connectivity index (χ1) is 16.4. The van der Waals surface area contributed by atoms with Gasteiger partial charge in [-0.1, -0.05) is 27.2 Å². The molecular weight excluding hydrogens is 496 g/mol. The molecule has 1 fully saturated rings. The Hall–Kier alpha value is -2.71. The molecule has 0 bridgehead atoms. The summed E-state index contributed by atoms with van der Waals surface area (Å²) in [6, 6.07) is 13.8. The molecule has 34 heavy (non-hydrogen) atoms. The SMILES string of the molecule is Cc1ccc(OCC(C)NC(=O)C2CCCN(Cc3nc(-c4ccc(Br)cc4)no3)C2)cc1C. The van der Waals surface area contributed by atoms with Gasteiger partial charge in [0.25, 0.3) is 0 Å². The fourth-order valence-electron chi connectivity index (χ4n) is 4.07. The largest absolute Gasteiger partial charge is 0.491 e. The molecule has 1 N–H and O–H groups in total. The number of aromatic nitrogens is 2. The van der Waals surface area contributed by atoms with Crippen molar-refractivity contribution in [3.05, 3.63) is 64.0 Å². The zero-order valence-electron chi connectivity index (χ0n) is 19.9. The van der Waals surface area contributed by atoms with Gasteiger partial charge in [-0.25, -0.2) is 0 Å². The Kier molecular flexibility index (Phi) is 8.00. The van der Waals surface area contributed by atoms with Crippen LogP contribution in [0.5, 0.6) is 5.75 Å². The van der Waals surface area contributed by atoms with Gasteiger partial charge in [0.2, 0.25) is 17.6 Å². The van der Waals surface area contributed by atoms with Crippen LogP contribution in [-0.4, -0.2) is 46.7 Å². The van der Waals surface area contributed by atoms with E-state index in [2.05, 4.69) is 56.2 Å². The highest BCUT2D eigenvalue weighted by molar-refractivity contribution is 9.10. The molecule has 2 atom stereocenters. The summed E-state index contributed by atoms with van der Waals surface area (Å²) in [5.74, 6) is 1.98. The molecule has 4 rings (SSSR count). The predicted molar refractivity (Wildman–Crippen MR) is 134 cm³/mol. The summed E-state index contributed by atoms with van der Waals surface area (Å²) in [5, 5.41) is 7.22. The van der Waals surface area contributed by atoms with Crippen molar-refractivity contribution >= 4 is 21.8 Å². The van der Waals surface area contributed by atoms with E-state index in [4.69, 9.17) is 9.26 Å². The number of carbonyl (C=O) groups is 1. The second-order valence-corrected chi connectivity index (χ2v) is 9.98. The summed E-state index contributed by atoms with van der Waals surface area (Å²) in [4.78, 5) is 19.6. The number of nitrogens with zero attached hydrogens (tertiary/aromatic N) is 3. The molecule has 0 saturated carbocycles. The lowest BCUT2D eigenvalue weighted by Crippen LogP contribution is -2.46. The molecule has 1 aliphatic heterocycles. The molecule has 1 amide bonds. The van der Waals surface area contributed by atoms with E-state index < -0.39 is 0 Å². The number of carbonyl (C=O) groups excluding carboxylic acids is 1. The first kappa shape index (κ1) is 24.4. The Morgan fingerprint density at radius 3 is 2.79 bits per heavy atom. The molecule has 3 aromatic rings. The summed E-state index contributed by atoms with van der Waals surface area (Å²) in [6.45, 7) is 8.68. The van der Waals surface area contributed by atoms with Crippen molar-refractivity contribution in [3.8, 4) is 17.1 Å². The smallest absolute Gasteiger partial charge is 0.241 e. The minimum absolute atomic E-state index is 0.0633. The van der Waals surface area contributed by atoms with E-state index in [-0.39, 0.29) is 17.9 Å². The van der Waals surface area contributed by atoms with E-state index in [1.54, 1.807) is 0 Å². The number of piperidine rings is 1. The Morgan fingerprint density at radius 2 is 2.03 bits per heavy atom. The normalized spacial score (nSPS) is 17.4. The van der Waals surface area contributed by atoms with Gasteiger partial charge in [-0.15, -0.1) is 0 Å². The van der Waals surface area contributed by atoms with Gasteiger partial charge < -0.3 is 14.6 Å². The summed E-state index contributed by atoms with van der Waals surface area (Å²) in [5.41, 5.74) is 3.34. The monoisotopic (exact) mass is 526 g/mol. The topological polar surface area (TPSA) is 80.5 Å². The molecule has 8 heteroatoms. The molecule has 0 aliphatic carbocycles. The highest BCUT2D eigenvalue weighted by Gasteiger charge is 2.27. The summed E-state index contributed by atoms with van der Waals surface area (Å²) in [7, 11) is 0. The first-order valence-corrected chi connectivity index (χ1v) is 12.5. The molecule has 2 aromatic carbocycles. The van der Waals surface area contributed by atoms with Crippen LogP contribution in [0.2, 0.25) is 0 Å². The number of benzene rings is 2. The van der Waals surface area contributed by atoms with E-state index >= 15 is 0 Å². The summed E-state index contributed by atoms with van der Waals surface area (Å²) >= 11 is 3.43. The average molecular weight is 527 g/mol. The maximum atomic E-state index is 12.9. The highest BCUT2D eigenvalue weighted by atomic mass is 79.9. The van der Waals surface area contributed by atoms with Crippen molar-refractivity contribution in [2.75, 3.05) is 19.7 Å². The second-order valence-electron chi connectivity index (χ2n) is 9.06. The van der Waals surface area contributed by atoms with Gasteiger partial charge in [-0.3, -0.25) is 9.69 Å². The van der Waals surface area contributed by atoms with Gasteiger partial charge in [0.1, 0.15) is 12.4 Å². The standard InChI is InChI=1S/C26H31BrN4O3/c1-17-6-11-23(13-18(17)2)33-16-19(3)28-26(32)21-5-4-12-31(14-21)15-24-29-25(30-34-24)20-7-9-22(27)10-8-20/h6-11,13,19,21H,4-5,12,14-16H2,1-3H3,(H,28,32). The van der Waals surface area contributed by atoms with Crippen LogP contribution in [0.4, 0.5) is 0 Å². The quantitative estimate of drug-likeness (QED) is 0.449. The molecule has 0 spiro atoms. The minimum Gasteiger partial charge on any atom is -0.491 e. The third kappa shape index (κ3) is 6.45. The van der Waals surface area contributed by atoms with E-state index in [0.717, 1.165) is 35.2 Å². The molecule has 1 aliphatic rings. The van der Waals surface area contributed by atoms with Crippen LogP contribution >= 0.6 is 15.9 Å². The fourth-order valence-corrected chi connectivity index (χ4v) is 4.33. The highest BCUT2D eigenvalue weighted by Crippen LogP contribution is 2.22. The lowest BCUT2D eigenvalue weighted by Gasteiger charge is -2.31. The van der Waals surface area contributed by atoms with Crippen LogP contribution in [0.25, 0.3) is 11.4 Å². The third-order valence-electron chi connectivity index (χ3n) is 6.17. The molecule has 2 heterocycles. The molecule has 1 aromatic heterocycles. The van der Waals surface area contributed by atoms with Crippen LogP contribution in [0.3, 0.4) is 0 Å². The lowest BCUT2D eigenvalue weighted by molar-refractivity contribution is -0.127. The Labute approximate surface area is 209 Å². The van der Waals surface area contributed by atoms with E-state index in [1.807, 2.05) is 43.3 Å². The van der Waals surface area contributed by atoms with Crippen molar-refractivity contribution in [2.24, 2.45) is 5.92 Å². The number of rotatable bonds is 8. The Bertz CT molecular complexity index is 1120. The van der Waals surface area contributed by atoms with E-state index in [9.17, 15) is 4.79 Å². The molecule has 2 unspecified atom stereocenters. The van der Waals surface area contributed by atoms with Crippen molar-refractivity contribution in [1.82, 2.24) is 20.4 Å². The number of likely N-dealkylation sites (tertiary alicyclic amines) is 1. The maximum Gasteiger partial charge on any atom is 0.241 e. The van der Waals surface area contributed by atoms with Crippen molar-refractivity contribution in [3.63, 3.8) is 0 Å². The van der Waals surface area contributed by atoms with Gasteiger partial charge in [0, 0.05) is 16.6 Å². The number of ether oxygens (including phenoxy) is 1. The summed E-state index contributed by atoms with van der Waals surface area (Å²) < 4.78 is 12.4. The number of nitrogens with one attached hydrogen (secondary N) is 1. The number of amides is 1. The second kappa shape index (κ2) is 11.1. The zero-order valence-corrected chi connectivity index (χ0v) is 21.5. The van der Waals surface area contributed by atoms with Crippen LogP contribution in [0, 0.1) is 19.8 Å². The van der Waals surface area contributed by atoms with Gasteiger partial charge in [0.05, 0.1) is 18.5 Å². The van der Waals surface area contributed by atoms with Gasteiger partial charge in [-0.05, 0) is 87.7 Å². The van der Waals surface area contributed by atoms with Gasteiger partial charge >= 0.3 is 0 Å². The lowest BCUT2D eigenvalue weighted by atomic mass is 9.97. The van der Waals surface area contributed by atoms with E-state index in [0.29, 0.717) is 31.4 Å².